The van der Waals surface area contributed by atoms with Gasteiger partial charge < -0.3 is 23.8 Å². The summed E-state index contributed by atoms with van der Waals surface area (Å²) in [4.78, 5) is 15.6. The highest BCUT2D eigenvalue weighted by Gasteiger charge is 2.45. The number of hydrogen-bond donors (Lipinski definition) is 0. The molecule has 1 saturated heterocycles. The van der Waals surface area contributed by atoms with E-state index in [1.54, 1.807) is 14.2 Å². The quantitative estimate of drug-likeness (QED) is 0.262. The van der Waals surface area contributed by atoms with Crippen LogP contribution < -0.4 is 9.47 Å². The molecular weight excluding hydrogens is 537 g/mol. The van der Waals surface area contributed by atoms with Crippen LogP contribution in [0.25, 0.3) is 0 Å². The first-order chi connectivity index (χ1) is 19.0. The van der Waals surface area contributed by atoms with E-state index in [9.17, 15) is 4.79 Å². The Balaban J connectivity index is 1.44. The standard InChI is InChI=1S/C31H33Cl2NO5/c1-36-27-14-9-20(15-28(27)37-2)17-38-18-26(21-5-3-6-21)34-29(35)19-39-31(23-7-4-8-25(33)16-23)30(34)22-10-12-24(32)13-11-22/h4,7-16,21,26,30-31H,3,5-6,17-19H2,1-2H3/t26-,30-,31-/m1/s1. The van der Waals surface area contributed by atoms with E-state index in [2.05, 4.69) is 0 Å². The minimum absolute atomic E-state index is 0.000167. The zero-order valence-electron chi connectivity index (χ0n) is 22.1. The van der Waals surface area contributed by atoms with E-state index in [0.29, 0.717) is 40.7 Å². The third kappa shape index (κ3) is 6.20. The first-order valence-corrected chi connectivity index (χ1v) is 14.0. The molecule has 3 aromatic carbocycles. The summed E-state index contributed by atoms with van der Waals surface area (Å²) in [6.07, 6.45) is 2.89. The third-order valence-electron chi connectivity index (χ3n) is 7.71. The van der Waals surface area contributed by atoms with Gasteiger partial charge in [0.25, 0.3) is 0 Å². The monoisotopic (exact) mass is 569 g/mol. The number of methoxy groups -OCH3 is 2. The van der Waals surface area contributed by atoms with Gasteiger partial charge in [-0.25, -0.2) is 0 Å². The molecule has 39 heavy (non-hydrogen) atoms. The summed E-state index contributed by atoms with van der Waals surface area (Å²) in [5.74, 6) is 1.64. The summed E-state index contributed by atoms with van der Waals surface area (Å²) in [7, 11) is 3.23. The summed E-state index contributed by atoms with van der Waals surface area (Å²) in [6, 6.07) is 20.6. The predicted molar refractivity (Wildman–Crippen MR) is 152 cm³/mol. The fourth-order valence-electron chi connectivity index (χ4n) is 5.51. The van der Waals surface area contributed by atoms with E-state index in [-0.39, 0.29) is 30.7 Å². The lowest BCUT2D eigenvalue weighted by molar-refractivity contribution is -0.170. The van der Waals surface area contributed by atoms with Crippen molar-refractivity contribution in [3.63, 3.8) is 0 Å². The van der Waals surface area contributed by atoms with Crippen molar-refractivity contribution in [2.24, 2.45) is 5.92 Å². The molecule has 0 unspecified atom stereocenters. The molecule has 0 bridgehead atoms. The van der Waals surface area contributed by atoms with E-state index < -0.39 is 0 Å². The number of nitrogens with zero attached hydrogens (tertiary/aromatic N) is 1. The van der Waals surface area contributed by atoms with E-state index in [1.807, 2.05) is 71.6 Å². The number of rotatable bonds is 10. The number of morpholine rings is 1. The van der Waals surface area contributed by atoms with Gasteiger partial charge in [0.2, 0.25) is 5.91 Å². The maximum atomic E-state index is 13.6. The lowest BCUT2D eigenvalue weighted by atomic mass is 9.77. The van der Waals surface area contributed by atoms with Crippen LogP contribution in [0.4, 0.5) is 0 Å². The maximum Gasteiger partial charge on any atom is 0.249 e. The molecule has 0 aromatic heterocycles. The van der Waals surface area contributed by atoms with E-state index in [4.69, 9.17) is 42.1 Å². The average molecular weight is 571 g/mol. The highest BCUT2D eigenvalue weighted by Crippen LogP contribution is 2.45. The van der Waals surface area contributed by atoms with Gasteiger partial charge in [0.05, 0.1) is 39.5 Å². The van der Waals surface area contributed by atoms with Crippen molar-refractivity contribution in [1.29, 1.82) is 0 Å². The third-order valence-corrected chi connectivity index (χ3v) is 8.19. The fourth-order valence-corrected chi connectivity index (χ4v) is 5.84. The predicted octanol–water partition coefficient (Wildman–Crippen LogP) is 7.04. The Bertz CT molecular complexity index is 1280. The van der Waals surface area contributed by atoms with Crippen molar-refractivity contribution in [3.05, 3.63) is 93.5 Å². The minimum Gasteiger partial charge on any atom is -0.493 e. The molecule has 1 aliphatic heterocycles. The van der Waals surface area contributed by atoms with Crippen molar-refractivity contribution in [1.82, 2.24) is 4.90 Å². The van der Waals surface area contributed by atoms with Crippen LogP contribution in [0.15, 0.2) is 66.7 Å². The lowest BCUT2D eigenvalue weighted by Crippen LogP contribution is -2.55. The van der Waals surface area contributed by atoms with Crippen molar-refractivity contribution >= 4 is 29.1 Å². The van der Waals surface area contributed by atoms with Crippen molar-refractivity contribution in [2.45, 2.75) is 44.1 Å². The van der Waals surface area contributed by atoms with Crippen molar-refractivity contribution in [2.75, 3.05) is 27.4 Å². The van der Waals surface area contributed by atoms with Crippen LogP contribution in [0, 0.1) is 5.92 Å². The Kier molecular flexibility index (Phi) is 8.98. The molecule has 1 amide bonds. The zero-order chi connectivity index (χ0) is 27.4. The van der Waals surface area contributed by atoms with Crippen LogP contribution in [0.3, 0.4) is 0 Å². The number of halogens is 2. The molecule has 206 valence electrons. The molecular formula is C31H33Cl2NO5. The SMILES string of the molecule is COc1ccc(COC[C@H](C2CCC2)N2C(=O)CO[C@H](c3cccc(Cl)c3)[C@H]2c2ccc(Cl)cc2)cc1OC. The minimum atomic E-state index is -0.379. The summed E-state index contributed by atoms with van der Waals surface area (Å²) in [5.41, 5.74) is 2.86. The molecule has 1 saturated carbocycles. The van der Waals surface area contributed by atoms with Crippen molar-refractivity contribution < 1.29 is 23.7 Å². The summed E-state index contributed by atoms with van der Waals surface area (Å²) in [6.45, 7) is 0.808. The van der Waals surface area contributed by atoms with Crippen LogP contribution in [-0.2, 0) is 20.9 Å². The first-order valence-electron chi connectivity index (χ1n) is 13.2. The Morgan fingerprint density at radius 1 is 0.923 bits per heavy atom. The molecule has 0 radical (unpaired) electrons. The fraction of sp³-hybridized carbons (Fsp3) is 0.387. The van der Waals surface area contributed by atoms with Crippen LogP contribution >= 0.6 is 23.2 Å². The highest BCUT2D eigenvalue weighted by atomic mass is 35.5. The number of hydrogen-bond acceptors (Lipinski definition) is 5. The second kappa shape index (κ2) is 12.6. The van der Waals surface area contributed by atoms with E-state index in [0.717, 1.165) is 36.0 Å². The van der Waals surface area contributed by atoms with Gasteiger partial charge in [-0.05, 0) is 71.8 Å². The maximum absolute atomic E-state index is 13.6. The van der Waals surface area contributed by atoms with Crippen LogP contribution in [-0.4, -0.2) is 44.3 Å². The van der Waals surface area contributed by atoms with Gasteiger partial charge in [0.1, 0.15) is 12.7 Å². The number of ether oxygens (including phenoxy) is 4. The Labute approximate surface area is 239 Å². The molecule has 3 aromatic rings. The van der Waals surface area contributed by atoms with E-state index >= 15 is 0 Å². The average Bonchev–Trinajstić information content (AvgIpc) is 2.91. The van der Waals surface area contributed by atoms with Crippen LogP contribution in [0.5, 0.6) is 11.5 Å². The highest BCUT2D eigenvalue weighted by molar-refractivity contribution is 6.30. The first kappa shape index (κ1) is 27.8. The second-order valence-electron chi connectivity index (χ2n) is 10.0. The Hall–Kier alpha value is -2.77. The van der Waals surface area contributed by atoms with Crippen LogP contribution in [0.2, 0.25) is 10.0 Å². The molecule has 0 N–H and O–H groups in total. The molecule has 1 aliphatic carbocycles. The molecule has 3 atom stereocenters. The number of amides is 1. The van der Waals surface area contributed by atoms with Gasteiger partial charge in [-0.1, -0.05) is 60.0 Å². The van der Waals surface area contributed by atoms with Gasteiger partial charge in [0, 0.05) is 10.0 Å². The lowest BCUT2D eigenvalue weighted by Gasteiger charge is -2.49. The molecule has 5 rings (SSSR count). The molecule has 0 spiro atoms. The Morgan fingerprint density at radius 3 is 2.36 bits per heavy atom. The van der Waals surface area contributed by atoms with Crippen molar-refractivity contribution in [3.8, 4) is 11.5 Å². The van der Waals surface area contributed by atoms with Gasteiger partial charge in [-0.3, -0.25) is 4.79 Å². The summed E-state index contributed by atoms with van der Waals surface area (Å²) in [5, 5.41) is 1.27. The topological polar surface area (TPSA) is 57.2 Å². The molecule has 1 heterocycles. The Morgan fingerprint density at radius 2 is 1.69 bits per heavy atom. The normalized spacial score (nSPS) is 20.4. The summed E-state index contributed by atoms with van der Waals surface area (Å²) >= 11 is 12.6. The molecule has 2 fully saturated rings. The second-order valence-corrected chi connectivity index (χ2v) is 10.9. The molecule has 6 nitrogen and oxygen atoms in total. The molecule has 8 heteroatoms. The number of carbonyl (C=O) groups is 1. The largest absolute Gasteiger partial charge is 0.493 e. The number of carbonyl (C=O) groups excluding carboxylic acids is 1. The molecule has 2 aliphatic rings. The zero-order valence-corrected chi connectivity index (χ0v) is 23.7. The van der Waals surface area contributed by atoms with Crippen LogP contribution in [0.1, 0.15) is 48.1 Å². The van der Waals surface area contributed by atoms with Gasteiger partial charge in [-0.2, -0.15) is 0 Å². The smallest absolute Gasteiger partial charge is 0.249 e. The number of benzene rings is 3. The van der Waals surface area contributed by atoms with Gasteiger partial charge in [-0.15, -0.1) is 0 Å². The van der Waals surface area contributed by atoms with E-state index in [1.165, 1.54) is 0 Å². The van der Waals surface area contributed by atoms with Gasteiger partial charge >= 0.3 is 0 Å². The van der Waals surface area contributed by atoms with Gasteiger partial charge in [0.15, 0.2) is 11.5 Å². The summed E-state index contributed by atoms with van der Waals surface area (Å²) < 4.78 is 23.3.